The van der Waals surface area contributed by atoms with Gasteiger partial charge in [0.2, 0.25) is 0 Å². The Balaban J connectivity index is 0.000000204. The van der Waals surface area contributed by atoms with Crippen LogP contribution in [0.15, 0.2) is 102 Å². The molecule has 0 radical (unpaired) electrons. The standard InChI is InChI=1S/C19H15F3N4.C7H6N4O/c1-13-12-18-24-16(14-6-2-3-7-15(14)19(20,21)22)9-11-25(18)26(13)17-8-4-5-10-23-17;8-6(12)5-4-10-11-3-1-2-9-7(5)11/h2-13H,1H3;1-4H,(H2,8,12). The van der Waals surface area contributed by atoms with E-state index in [0.29, 0.717) is 17.0 Å². The molecule has 1 atom stereocenters. The lowest BCUT2D eigenvalue weighted by atomic mass is 10.0. The maximum atomic E-state index is 13.3. The number of nitrogens with two attached hydrogens (primary N) is 1. The molecule has 0 spiro atoms. The Labute approximate surface area is 215 Å². The molecule has 192 valence electrons. The minimum absolute atomic E-state index is 0.0227. The predicted molar refractivity (Wildman–Crippen MR) is 135 cm³/mol. The van der Waals surface area contributed by atoms with Crippen LogP contribution in [0.5, 0.6) is 0 Å². The van der Waals surface area contributed by atoms with Crippen LogP contribution in [-0.4, -0.2) is 42.3 Å². The third-order valence-corrected chi connectivity index (χ3v) is 5.79. The van der Waals surface area contributed by atoms with Crippen molar-refractivity contribution in [1.29, 1.82) is 0 Å². The largest absolute Gasteiger partial charge is 0.417 e. The molecule has 1 amide bonds. The molecule has 1 unspecified atom stereocenters. The van der Waals surface area contributed by atoms with E-state index in [4.69, 9.17) is 5.73 Å². The van der Waals surface area contributed by atoms with Gasteiger partial charge in [0.15, 0.2) is 5.65 Å². The Bertz CT molecular complexity index is 1580. The Morgan fingerprint density at radius 3 is 2.53 bits per heavy atom. The lowest BCUT2D eigenvalue weighted by Gasteiger charge is -2.33. The molecule has 0 saturated heterocycles. The number of pyridine rings is 1. The molecule has 0 saturated carbocycles. The second-order valence-corrected chi connectivity index (χ2v) is 8.31. The van der Waals surface area contributed by atoms with Gasteiger partial charge in [-0.3, -0.25) is 9.80 Å². The molecule has 1 aromatic carbocycles. The summed E-state index contributed by atoms with van der Waals surface area (Å²) in [7, 11) is 0. The molecule has 2 aliphatic rings. The van der Waals surface area contributed by atoms with Crippen molar-refractivity contribution in [3.8, 4) is 0 Å². The first-order valence-electron chi connectivity index (χ1n) is 11.5. The van der Waals surface area contributed by atoms with E-state index in [9.17, 15) is 18.0 Å². The number of alkyl halides is 3. The number of rotatable bonds is 3. The topological polar surface area (TPSA) is 105 Å². The van der Waals surface area contributed by atoms with Gasteiger partial charge in [0.05, 0.1) is 23.5 Å². The van der Waals surface area contributed by atoms with E-state index in [1.165, 1.54) is 22.8 Å². The number of aliphatic imine (C=N–C) groups is 1. The van der Waals surface area contributed by atoms with Gasteiger partial charge in [-0.25, -0.2) is 24.5 Å². The Morgan fingerprint density at radius 1 is 1.03 bits per heavy atom. The molecule has 0 fully saturated rings. The average molecular weight is 519 g/mol. The van der Waals surface area contributed by atoms with E-state index in [1.807, 2.05) is 36.2 Å². The molecular formula is C26H21F3N8O. The zero-order valence-electron chi connectivity index (χ0n) is 20.0. The third-order valence-electron chi connectivity index (χ3n) is 5.79. The van der Waals surface area contributed by atoms with Gasteiger partial charge in [0, 0.05) is 30.4 Å². The highest BCUT2D eigenvalue weighted by Crippen LogP contribution is 2.35. The van der Waals surface area contributed by atoms with Crippen molar-refractivity contribution in [2.45, 2.75) is 19.1 Å². The Hall–Kier alpha value is -5.00. The summed E-state index contributed by atoms with van der Waals surface area (Å²) in [6.45, 7) is 1.98. The van der Waals surface area contributed by atoms with E-state index >= 15 is 0 Å². The predicted octanol–water partition coefficient (Wildman–Crippen LogP) is 4.21. The number of aromatic nitrogens is 4. The first kappa shape index (κ1) is 24.7. The summed E-state index contributed by atoms with van der Waals surface area (Å²) in [5.41, 5.74) is 5.59. The van der Waals surface area contributed by atoms with Crippen molar-refractivity contribution >= 4 is 23.1 Å². The van der Waals surface area contributed by atoms with Crippen molar-refractivity contribution in [3.05, 3.63) is 114 Å². The van der Waals surface area contributed by atoms with E-state index in [-0.39, 0.29) is 17.3 Å². The number of nitrogens with zero attached hydrogens (tertiary/aromatic N) is 7. The number of carbonyl (C=O) groups is 1. The maximum Gasteiger partial charge on any atom is 0.417 e. The average Bonchev–Trinajstić information content (AvgIpc) is 3.49. The first-order chi connectivity index (χ1) is 18.2. The molecule has 3 aromatic heterocycles. The number of allylic oxidation sites excluding steroid dienone is 1. The lowest BCUT2D eigenvalue weighted by molar-refractivity contribution is -0.137. The number of hydrogen-bond donors (Lipinski definition) is 1. The zero-order chi connectivity index (χ0) is 26.9. The maximum absolute atomic E-state index is 13.3. The van der Waals surface area contributed by atoms with Crippen LogP contribution in [0.25, 0.3) is 5.65 Å². The molecule has 2 aliphatic heterocycles. The van der Waals surface area contributed by atoms with E-state index in [2.05, 4.69) is 20.1 Å². The molecule has 38 heavy (non-hydrogen) atoms. The fourth-order valence-corrected chi connectivity index (χ4v) is 4.12. The minimum Gasteiger partial charge on any atom is -0.365 e. The van der Waals surface area contributed by atoms with Gasteiger partial charge in [-0.05, 0) is 43.3 Å². The smallest absolute Gasteiger partial charge is 0.365 e. The van der Waals surface area contributed by atoms with Crippen LogP contribution < -0.4 is 10.7 Å². The first-order valence-corrected chi connectivity index (χ1v) is 11.5. The summed E-state index contributed by atoms with van der Waals surface area (Å²) in [6, 6.07) is 12.8. The number of carbonyl (C=O) groups excluding carboxylic acids is 1. The molecule has 5 heterocycles. The van der Waals surface area contributed by atoms with Crippen LogP contribution in [0.4, 0.5) is 19.0 Å². The quantitative estimate of drug-likeness (QED) is 0.436. The van der Waals surface area contributed by atoms with Crippen molar-refractivity contribution < 1.29 is 18.0 Å². The second-order valence-electron chi connectivity index (χ2n) is 8.31. The summed E-state index contributed by atoms with van der Waals surface area (Å²) in [4.78, 5) is 23.6. The molecule has 2 N–H and O–H groups in total. The van der Waals surface area contributed by atoms with Crippen LogP contribution in [0.3, 0.4) is 0 Å². The number of halogens is 3. The zero-order valence-corrected chi connectivity index (χ0v) is 20.0. The van der Waals surface area contributed by atoms with E-state index < -0.39 is 17.6 Å². The summed E-state index contributed by atoms with van der Waals surface area (Å²) in [5.74, 6) is 0.812. The normalized spacial score (nSPS) is 16.5. The van der Waals surface area contributed by atoms with Gasteiger partial charge in [-0.1, -0.05) is 24.3 Å². The highest BCUT2D eigenvalue weighted by molar-refractivity contribution is 6.10. The highest BCUT2D eigenvalue weighted by atomic mass is 19.4. The molecule has 12 heteroatoms. The van der Waals surface area contributed by atoms with Crippen LogP contribution >= 0.6 is 0 Å². The molecule has 0 bridgehead atoms. The monoisotopic (exact) mass is 518 g/mol. The highest BCUT2D eigenvalue weighted by Gasteiger charge is 2.36. The Morgan fingerprint density at radius 2 is 1.79 bits per heavy atom. The van der Waals surface area contributed by atoms with E-state index in [0.717, 1.165) is 11.9 Å². The molecule has 9 nitrogen and oxygen atoms in total. The third kappa shape index (κ3) is 4.71. The molecule has 6 rings (SSSR count). The number of fused-ring (bicyclic) bond motifs is 2. The van der Waals surface area contributed by atoms with Crippen LogP contribution in [0.1, 0.15) is 28.4 Å². The van der Waals surface area contributed by atoms with Crippen LogP contribution in [0.2, 0.25) is 0 Å². The number of benzene rings is 1. The fourth-order valence-electron chi connectivity index (χ4n) is 4.12. The van der Waals surface area contributed by atoms with Gasteiger partial charge in [0.1, 0.15) is 17.2 Å². The summed E-state index contributed by atoms with van der Waals surface area (Å²) < 4.78 is 41.4. The summed E-state index contributed by atoms with van der Waals surface area (Å²) >= 11 is 0. The Kier molecular flexibility index (Phi) is 6.37. The van der Waals surface area contributed by atoms with Crippen molar-refractivity contribution in [1.82, 2.24) is 24.6 Å². The SMILES string of the molecule is CC1C=C2N=C(c3ccccc3C(F)(F)F)C=CN2N1c1ccccn1.NC(=O)c1cnn2cccnc12. The molecule has 4 aromatic rings. The van der Waals surface area contributed by atoms with Crippen molar-refractivity contribution in [3.63, 3.8) is 0 Å². The fraction of sp³-hybridized carbons (Fsp3) is 0.115. The molecular weight excluding hydrogens is 497 g/mol. The number of hydrazine groups is 1. The molecule has 0 aliphatic carbocycles. The lowest BCUT2D eigenvalue weighted by Crippen LogP contribution is -2.39. The van der Waals surface area contributed by atoms with Crippen molar-refractivity contribution in [2.75, 3.05) is 5.01 Å². The minimum atomic E-state index is -4.43. The number of anilines is 1. The second kappa shape index (κ2) is 9.81. The van der Waals surface area contributed by atoms with Crippen molar-refractivity contribution in [2.24, 2.45) is 10.7 Å². The van der Waals surface area contributed by atoms with Crippen LogP contribution in [0, 0.1) is 0 Å². The number of amides is 1. The van der Waals surface area contributed by atoms with Gasteiger partial charge in [-0.2, -0.15) is 18.3 Å². The number of hydrogen-bond acceptors (Lipinski definition) is 7. The van der Waals surface area contributed by atoms with Gasteiger partial charge in [0.25, 0.3) is 5.91 Å². The van der Waals surface area contributed by atoms with E-state index in [1.54, 1.807) is 48.0 Å². The summed E-state index contributed by atoms with van der Waals surface area (Å²) in [5, 5.41) is 7.62. The van der Waals surface area contributed by atoms with Crippen LogP contribution in [-0.2, 0) is 6.18 Å². The van der Waals surface area contributed by atoms with Gasteiger partial charge in [-0.15, -0.1) is 0 Å². The number of primary amides is 1. The van der Waals surface area contributed by atoms with Gasteiger partial charge >= 0.3 is 6.18 Å². The summed E-state index contributed by atoms with van der Waals surface area (Å²) in [6.07, 6.45) is 7.18. The van der Waals surface area contributed by atoms with Gasteiger partial charge < -0.3 is 5.73 Å².